The Hall–Kier alpha value is 0.310. The van der Waals surface area contributed by atoms with Gasteiger partial charge in [0.25, 0.3) is 0 Å². The molecule has 0 atom stereocenters. The quantitative estimate of drug-likeness (QED) is 0.486. The standard InChI is InChI=1S/C4H11NS/c1-4-5(2)6-3/h4H2,1-3H3. The summed E-state index contributed by atoms with van der Waals surface area (Å²) in [4.78, 5) is 0. The molecule has 1 nitrogen and oxygen atoms in total. The van der Waals surface area contributed by atoms with E-state index in [1.165, 1.54) is 0 Å². The van der Waals surface area contributed by atoms with Gasteiger partial charge in [0, 0.05) is 6.54 Å². The summed E-state index contributed by atoms with van der Waals surface area (Å²) in [6.07, 6.45) is 2.07. The van der Waals surface area contributed by atoms with E-state index in [0.29, 0.717) is 0 Å². The molecular weight excluding hydrogens is 94.1 g/mol. The fourth-order valence-electron chi connectivity index (χ4n) is 0.129. The second kappa shape index (κ2) is 3.50. The first-order valence-corrected chi connectivity index (χ1v) is 3.24. The fourth-order valence-corrected chi connectivity index (χ4v) is 0.387. The molecule has 38 valence electrons. The van der Waals surface area contributed by atoms with Crippen LogP contribution in [0.25, 0.3) is 0 Å². The highest BCUT2D eigenvalue weighted by Gasteiger charge is 1.82. The van der Waals surface area contributed by atoms with Crippen molar-refractivity contribution >= 4 is 11.9 Å². The minimum Gasteiger partial charge on any atom is -0.254 e. The van der Waals surface area contributed by atoms with Gasteiger partial charge in [0.15, 0.2) is 0 Å². The molecule has 6 heavy (non-hydrogen) atoms. The molecule has 2 heteroatoms. The third kappa shape index (κ3) is 2.54. The van der Waals surface area contributed by atoms with Gasteiger partial charge in [-0.3, -0.25) is 4.31 Å². The van der Waals surface area contributed by atoms with E-state index >= 15 is 0 Å². The van der Waals surface area contributed by atoms with Crippen molar-refractivity contribution in [3.05, 3.63) is 0 Å². The molecule has 0 bridgehead atoms. The van der Waals surface area contributed by atoms with Crippen molar-refractivity contribution in [2.75, 3.05) is 19.8 Å². The minimum absolute atomic E-state index is 1.13. The zero-order chi connectivity index (χ0) is 4.99. The molecule has 0 aliphatic carbocycles. The van der Waals surface area contributed by atoms with Crippen LogP contribution in [0.4, 0.5) is 0 Å². The van der Waals surface area contributed by atoms with Crippen LogP contribution in [0.5, 0.6) is 0 Å². The molecule has 0 aromatic carbocycles. The maximum Gasteiger partial charge on any atom is 0.00576 e. The van der Waals surface area contributed by atoms with Crippen LogP contribution in [0.2, 0.25) is 0 Å². The molecule has 0 aliphatic rings. The zero-order valence-electron chi connectivity index (χ0n) is 4.56. The van der Waals surface area contributed by atoms with E-state index in [4.69, 9.17) is 0 Å². The van der Waals surface area contributed by atoms with Crippen molar-refractivity contribution in [1.29, 1.82) is 0 Å². The highest BCUT2D eigenvalue weighted by molar-refractivity contribution is 7.96. The van der Waals surface area contributed by atoms with Gasteiger partial charge in [0.1, 0.15) is 0 Å². The van der Waals surface area contributed by atoms with Crippen LogP contribution in [-0.4, -0.2) is 24.2 Å². The van der Waals surface area contributed by atoms with Crippen LogP contribution >= 0.6 is 11.9 Å². The SMILES string of the molecule is CCN(C)SC. The van der Waals surface area contributed by atoms with E-state index in [0.717, 1.165) is 6.54 Å². The molecule has 0 aromatic heterocycles. The molecule has 0 saturated heterocycles. The smallest absolute Gasteiger partial charge is 0.00576 e. The second-order valence-corrected chi connectivity index (χ2v) is 2.12. The first-order chi connectivity index (χ1) is 2.81. The van der Waals surface area contributed by atoms with Gasteiger partial charge in [-0.1, -0.05) is 18.9 Å². The molecule has 0 rings (SSSR count). The van der Waals surface area contributed by atoms with E-state index in [-0.39, 0.29) is 0 Å². The number of rotatable bonds is 2. The summed E-state index contributed by atoms with van der Waals surface area (Å²) in [6.45, 7) is 3.26. The molecule has 0 fully saturated rings. The Labute approximate surface area is 43.9 Å². The molecular formula is C4H11NS. The Balaban J connectivity index is 2.75. The summed E-state index contributed by atoms with van der Waals surface area (Å²) >= 11 is 1.76. The van der Waals surface area contributed by atoms with E-state index < -0.39 is 0 Å². The summed E-state index contributed by atoms with van der Waals surface area (Å²) in [6, 6.07) is 0. The fraction of sp³-hybridized carbons (Fsp3) is 1.00. The molecule has 0 N–H and O–H groups in total. The van der Waals surface area contributed by atoms with Gasteiger partial charge in [-0.25, -0.2) is 0 Å². The monoisotopic (exact) mass is 105 g/mol. The van der Waals surface area contributed by atoms with E-state index in [9.17, 15) is 0 Å². The topological polar surface area (TPSA) is 3.24 Å². The van der Waals surface area contributed by atoms with Crippen LogP contribution in [0, 0.1) is 0 Å². The van der Waals surface area contributed by atoms with E-state index in [1.807, 2.05) is 0 Å². The van der Waals surface area contributed by atoms with Gasteiger partial charge in [0.2, 0.25) is 0 Å². The molecule has 0 spiro atoms. The zero-order valence-corrected chi connectivity index (χ0v) is 5.38. The highest BCUT2D eigenvalue weighted by Crippen LogP contribution is 1.96. The van der Waals surface area contributed by atoms with Gasteiger partial charge in [0.05, 0.1) is 0 Å². The molecule has 0 unspecified atom stereocenters. The van der Waals surface area contributed by atoms with Crippen LogP contribution in [0.15, 0.2) is 0 Å². The van der Waals surface area contributed by atoms with Crippen molar-refractivity contribution in [3.63, 3.8) is 0 Å². The minimum atomic E-state index is 1.13. The lowest BCUT2D eigenvalue weighted by Crippen LogP contribution is -2.05. The lowest BCUT2D eigenvalue weighted by atomic mass is 10.8. The van der Waals surface area contributed by atoms with Gasteiger partial charge >= 0.3 is 0 Å². The maximum atomic E-state index is 2.17. The molecule has 0 aromatic rings. The summed E-state index contributed by atoms with van der Waals surface area (Å²) in [7, 11) is 2.07. The first-order valence-electron chi connectivity index (χ1n) is 2.06. The van der Waals surface area contributed by atoms with Gasteiger partial charge < -0.3 is 0 Å². The predicted octanol–water partition coefficient (Wildman–Crippen LogP) is 1.22. The van der Waals surface area contributed by atoms with Crippen LogP contribution < -0.4 is 0 Å². The normalized spacial score (nSPS) is 10.0. The second-order valence-electron chi connectivity index (χ2n) is 1.13. The third-order valence-electron chi connectivity index (χ3n) is 0.757. The Kier molecular flexibility index (Phi) is 3.68. The van der Waals surface area contributed by atoms with E-state index in [1.54, 1.807) is 11.9 Å². The van der Waals surface area contributed by atoms with Gasteiger partial charge in [-0.05, 0) is 13.3 Å². The van der Waals surface area contributed by atoms with Gasteiger partial charge in [-0.15, -0.1) is 0 Å². The maximum absolute atomic E-state index is 2.17. The average Bonchev–Trinajstić information content (AvgIpc) is 1.65. The molecule has 0 heterocycles. The van der Waals surface area contributed by atoms with Crippen molar-refractivity contribution in [2.24, 2.45) is 0 Å². The molecule has 0 saturated carbocycles. The molecule has 0 amide bonds. The van der Waals surface area contributed by atoms with Crippen molar-refractivity contribution < 1.29 is 0 Å². The number of hydrogen-bond donors (Lipinski definition) is 0. The average molecular weight is 105 g/mol. The Morgan fingerprint density at radius 3 is 2.17 bits per heavy atom. The van der Waals surface area contributed by atoms with Crippen molar-refractivity contribution in [3.8, 4) is 0 Å². The lowest BCUT2D eigenvalue weighted by molar-refractivity contribution is 0.605. The predicted molar refractivity (Wildman–Crippen MR) is 31.8 cm³/mol. The van der Waals surface area contributed by atoms with Crippen LogP contribution in [0.1, 0.15) is 6.92 Å². The first kappa shape index (κ1) is 6.31. The number of nitrogens with zero attached hydrogens (tertiary/aromatic N) is 1. The summed E-state index contributed by atoms with van der Waals surface area (Å²) in [5, 5.41) is 0. The Morgan fingerprint density at radius 1 is 1.67 bits per heavy atom. The summed E-state index contributed by atoms with van der Waals surface area (Å²) in [5.41, 5.74) is 0. The molecule has 0 aliphatic heterocycles. The molecule has 0 radical (unpaired) electrons. The van der Waals surface area contributed by atoms with E-state index in [2.05, 4.69) is 24.5 Å². The Bertz CT molecular complexity index is 26.7. The number of hydrogen-bond acceptors (Lipinski definition) is 2. The summed E-state index contributed by atoms with van der Waals surface area (Å²) in [5.74, 6) is 0. The van der Waals surface area contributed by atoms with Crippen molar-refractivity contribution in [2.45, 2.75) is 6.92 Å². The third-order valence-corrected chi connectivity index (χ3v) is 1.64. The lowest BCUT2D eigenvalue weighted by Gasteiger charge is -2.05. The van der Waals surface area contributed by atoms with Crippen LogP contribution in [-0.2, 0) is 0 Å². The largest absolute Gasteiger partial charge is 0.254 e. The van der Waals surface area contributed by atoms with Crippen LogP contribution in [0.3, 0.4) is 0 Å². The Morgan fingerprint density at radius 2 is 2.17 bits per heavy atom. The van der Waals surface area contributed by atoms with Gasteiger partial charge in [-0.2, -0.15) is 0 Å². The van der Waals surface area contributed by atoms with Crippen molar-refractivity contribution in [1.82, 2.24) is 4.31 Å². The highest BCUT2D eigenvalue weighted by atomic mass is 32.2. The summed E-state index contributed by atoms with van der Waals surface area (Å²) < 4.78 is 2.17.